The second-order valence-corrected chi connectivity index (χ2v) is 6.35. The highest BCUT2D eigenvalue weighted by molar-refractivity contribution is 5.39. The molecule has 1 N–H and O–H groups in total. The molecule has 0 amide bonds. The molecule has 0 spiro atoms. The van der Waals surface area contributed by atoms with Gasteiger partial charge in [0.25, 0.3) is 0 Å². The summed E-state index contributed by atoms with van der Waals surface area (Å²) in [6.07, 6.45) is 2.05. The monoisotopic (exact) mass is 323 g/mol. The number of β-amino-alcohol motifs (C(OH)–C–C–N with tert-alkyl or cyclic N) is 1. The molecule has 23 heavy (non-hydrogen) atoms. The Kier molecular flexibility index (Phi) is 7.15. The Bertz CT molecular complexity index is 480. The van der Waals surface area contributed by atoms with E-state index in [2.05, 4.69) is 11.8 Å². The maximum absolute atomic E-state index is 10.2. The molecule has 0 bridgehead atoms. The second kappa shape index (κ2) is 9.11. The van der Waals surface area contributed by atoms with Crippen LogP contribution in [-0.4, -0.2) is 56.6 Å². The Balaban J connectivity index is 1.77. The fraction of sp³-hybridized carbons (Fsp3) is 0.667. The Morgan fingerprint density at radius 2 is 2.13 bits per heavy atom. The van der Waals surface area contributed by atoms with Gasteiger partial charge in [-0.05, 0) is 43.5 Å². The minimum atomic E-state index is -0.461. The van der Waals surface area contributed by atoms with Gasteiger partial charge in [0.1, 0.15) is 11.5 Å². The van der Waals surface area contributed by atoms with E-state index < -0.39 is 6.10 Å². The summed E-state index contributed by atoms with van der Waals surface area (Å²) in [7, 11) is 3.27. The molecule has 1 aromatic rings. The summed E-state index contributed by atoms with van der Waals surface area (Å²) in [5.74, 6) is 2.26. The van der Waals surface area contributed by atoms with Crippen molar-refractivity contribution in [2.24, 2.45) is 5.92 Å². The van der Waals surface area contributed by atoms with E-state index in [9.17, 15) is 5.11 Å². The van der Waals surface area contributed by atoms with Crippen molar-refractivity contribution < 1.29 is 19.3 Å². The number of aliphatic hydroxyl groups excluding tert-OH is 1. The molecule has 1 heterocycles. The van der Waals surface area contributed by atoms with Gasteiger partial charge >= 0.3 is 0 Å². The molecular formula is C18H29NO4. The lowest BCUT2D eigenvalue weighted by Crippen LogP contribution is -2.40. The molecule has 2 rings (SSSR count). The van der Waals surface area contributed by atoms with Crippen LogP contribution in [0.4, 0.5) is 0 Å². The van der Waals surface area contributed by atoms with Crippen molar-refractivity contribution in [1.82, 2.24) is 4.90 Å². The van der Waals surface area contributed by atoms with Gasteiger partial charge < -0.3 is 24.2 Å². The number of piperidine rings is 1. The number of ether oxygens (including phenoxy) is 3. The number of hydrogen-bond donors (Lipinski definition) is 1. The molecule has 2 atom stereocenters. The van der Waals surface area contributed by atoms with Gasteiger partial charge in [-0.15, -0.1) is 0 Å². The van der Waals surface area contributed by atoms with Crippen LogP contribution >= 0.6 is 0 Å². The molecule has 0 saturated carbocycles. The van der Waals surface area contributed by atoms with Gasteiger partial charge in [0.2, 0.25) is 0 Å². The number of rotatable bonds is 8. The first-order chi connectivity index (χ1) is 11.1. The van der Waals surface area contributed by atoms with Crippen molar-refractivity contribution in [1.29, 1.82) is 0 Å². The van der Waals surface area contributed by atoms with Gasteiger partial charge in [-0.2, -0.15) is 0 Å². The average molecular weight is 323 g/mol. The summed E-state index contributed by atoms with van der Waals surface area (Å²) in [5.41, 5.74) is 0.922. The molecule has 0 unspecified atom stereocenters. The Labute approximate surface area is 139 Å². The molecule has 0 radical (unpaired) electrons. The summed E-state index contributed by atoms with van der Waals surface area (Å²) in [5, 5.41) is 10.2. The Morgan fingerprint density at radius 1 is 1.30 bits per heavy atom. The van der Waals surface area contributed by atoms with Crippen LogP contribution in [0, 0.1) is 5.92 Å². The molecule has 0 aromatic heterocycles. The van der Waals surface area contributed by atoms with Crippen molar-refractivity contribution in [2.75, 3.05) is 40.5 Å². The van der Waals surface area contributed by atoms with E-state index in [1.807, 2.05) is 18.2 Å². The Morgan fingerprint density at radius 3 is 2.83 bits per heavy atom. The molecule has 130 valence electrons. The summed E-state index contributed by atoms with van der Waals surface area (Å²) < 4.78 is 16.2. The van der Waals surface area contributed by atoms with Crippen molar-refractivity contribution >= 4 is 0 Å². The third-order valence-electron chi connectivity index (χ3n) is 4.27. The van der Waals surface area contributed by atoms with Gasteiger partial charge in [-0.25, -0.2) is 0 Å². The summed E-state index contributed by atoms with van der Waals surface area (Å²) in [6, 6.07) is 5.62. The van der Waals surface area contributed by atoms with Crippen LogP contribution in [0.25, 0.3) is 0 Å². The van der Waals surface area contributed by atoms with Crippen LogP contribution in [0.1, 0.15) is 25.3 Å². The van der Waals surface area contributed by atoms with Crippen LogP contribution in [0.2, 0.25) is 0 Å². The maximum Gasteiger partial charge on any atom is 0.124 e. The van der Waals surface area contributed by atoms with E-state index in [1.165, 1.54) is 12.8 Å². The lowest BCUT2D eigenvalue weighted by molar-refractivity contribution is 0.00330. The molecule has 5 heteroatoms. The number of benzene rings is 1. The summed E-state index contributed by atoms with van der Waals surface area (Å²) in [6.45, 7) is 5.81. The van der Waals surface area contributed by atoms with Crippen LogP contribution in [0.15, 0.2) is 18.2 Å². The maximum atomic E-state index is 10.2. The largest absolute Gasteiger partial charge is 0.497 e. The predicted molar refractivity (Wildman–Crippen MR) is 90.0 cm³/mol. The van der Waals surface area contributed by atoms with Crippen LogP contribution in [0.3, 0.4) is 0 Å². The number of methoxy groups -OCH3 is 2. The van der Waals surface area contributed by atoms with Crippen LogP contribution in [0.5, 0.6) is 11.5 Å². The third-order valence-corrected chi connectivity index (χ3v) is 4.27. The van der Waals surface area contributed by atoms with Gasteiger partial charge in [0.15, 0.2) is 0 Å². The van der Waals surface area contributed by atoms with Crippen LogP contribution in [-0.2, 0) is 11.3 Å². The quantitative estimate of drug-likeness (QED) is 0.796. The van der Waals surface area contributed by atoms with Gasteiger partial charge in [-0.3, -0.25) is 0 Å². The van der Waals surface area contributed by atoms with E-state index in [0.717, 1.165) is 36.1 Å². The first-order valence-electron chi connectivity index (χ1n) is 8.31. The molecule has 1 aliphatic rings. The van der Waals surface area contributed by atoms with Crippen molar-refractivity contribution in [2.45, 2.75) is 32.5 Å². The molecule has 5 nitrogen and oxygen atoms in total. The zero-order valence-electron chi connectivity index (χ0n) is 14.5. The molecule has 0 aliphatic carbocycles. The van der Waals surface area contributed by atoms with Crippen molar-refractivity contribution in [3.05, 3.63) is 23.8 Å². The molecule has 1 fully saturated rings. The number of hydrogen-bond acceptors (Lipinski definition) is 5. The van der Waals surface area contributed by atoms with Gasteiger partial charge in [0, 0.05) is 18.7 Å². The highest BCUT2D eigenvalue weighted by Crippen LogP contribution is 2.24. The zero-order valence-corrected chi connectivity index (χ0v) is 14.5. The fourth-order valence-electron chi connectivity index (χ4n) is 3.10. The standard InChI is InChI=1S/C18H29NO4/c1-14-5-4-8-19(10-14)11-16(20)13-23-12-15-9-17(21-2)6-7-18(15)22-3/h6-7,9,14,16,20H,4-5,8,10-13H2,1-3H3/t14-,16+/m0/s1. The second-order valence-electron chi connectivity index (χ2n) is 6.35. The molecule has 1 aliphatic heterocycles. The number of likely N-dealkylation sites (tertiary alicyclic amines) is 1. The summed E-state index contributed by atoms with van der Waals surface area (Å²) >= 11 is 0. The molecular weight excluding hydrogens is 294 g/mol. The summed E-state index contributed by atoms with van der Waals surface area (Å²) in [4.78, 5) is 2.33. The van der Waals surface area contributed by atoms with Crippen molar-refractivity contribution in [3.8, 4) is 11.5 Å². The third kappa shape index (κ3) is 5.68. The van der Waals surface area contributed by atoms with E-state index >= 15 is 0 Å². The highest BCUT2D eigenvalue weighted by atomic mass is 16.5. The van der Waals surface area contributed by atoms with E-state index in [-0.39, 0.29) is 0 Å². The van der Waals surface area contributed by atoms with Gasteiger partial charge in [-0.1, -0.05) is 6.92 Å². The fourth-order valence-corrected chi connectivity index (χ4v) is 3.10. The van der Waals surface area contributed by atoms with Crippen LogP contribution < -0.4 is 9.47 Å². The lowest BCUT2D eigenvalue weighted by atomic mass is 10.0. The minimum absolute atomic E-state index is 0.325. The van der Waals surface area contributed by atoms with E-state index in [4.69, 9.17) is 14.2 Å². The predicted octanol–water partition coefficient (Wildman–Crippen LogP) is 2.31. The Hall–Kier alpha value is -1.30. The molecule has 1 saturated heterocycles. The first-order valence-corrected chi connectivity index (χ1v) is 8.31. The molecule has 1 aromatic carbocycles. The average Bonchev–Trinajstić information content (AvgIpc) is 2.54. The van der Waals surface area contributed by atoms with Gasteiger partial charge in [0.05, 0.1) is 33.5 Å². The normalized spacial score (nSPS) is 20.3. The van der Waals surface area contributed by atoms with E-state index in [1.54, 1.807) is 14.2 Å². The first kappa shape index (κ1) is 18.0. The SMILES string of the molecule is COc1ccc(OC)c(COC[C@H](O)CN2CCC[C@H](C)C2)c1. The van der Waals surface area contributed by atoms with E-state index in [0.29, 0.717) is 19.8 Å². The lowest BCUT2D eigenvalue weighted by Gasteiger charge is -2.32. The highest BCUT2D eigenvalue weighted by Gasteiger charge is 2.19. The number of aliphatic hydroxyl groups is 1. The zero-order chi connectivity index (χ0) is 16.7. The topological polar surface area (TPSA) is 51.2 Å². The van der Waals surface area contributed by atoms with Crippen molar-refractivity contribution in [3.63, 3.8) is 0 Å². The smallest absolute Gasteiger partial charge is 0.124 e. The number of nitrogens with zero attached hydrogens (tertiary/aromatic N) is 1. The minimum Gasteiger partial charge on any atom is -0.497 e.